The lowest BCUT2D eigenvalue weighted by Gasteiger charge is -2.11. The van der Waals surface area contributed by atoms with Crippen LogP contribution in [0.3, 0.4) is 0 Å². The van der Waals surface area contributed by atoms with Crippen LogP contribution >= 0.6 is 22.9 Å². The normalized spacial score (nSPS) is 10.8. The molecule has 0 amide bonds. The van der Waals surface area contributed by atoms with Gasteiger partial charge in [0, 0.05) is 5.56 Å². The number of hydrogen-bond acceptors (Lipinski definition) is 4. The SMILES string of the molecule is COc1ccc(/C=C/C(=O)c2ccc(Cl)s2)cc1COc1ccccc1. The number of ketones is 1. The quantitative estimate of drug-likeness (QED) is 0.376. The van der Waals surface area contributed by atoms with E-state index in [1.165, 1.54) is 11.3 Å². The molecule has 0 aliphatic rings. The van der Waals surface area contributed by atoms with Gasteiger partial charge >= 0.3 is 0 Å². The summed E-state index contributed by atoms with van der Waals surface area (Å²) >= 11 is 7.15. The summed E-state index contributed by atoms with van der Waals surface area (Å²) in [5, 5.41) is 0. The maximum atomic E-state index is 12.2. The van der Waals surface area contributed by atoms with Gasteiger partial charge in [-0.05, 0) is 48.0 Å². The van der Waals surface area contributed by atoms with Gasteiger partial charge in [0.2, 0.25) is 0 Å². The van der Waals surface area contributed by atoms with Crippen molar-refractivity contribution in [3.63, 3.8) is 0 Å². The van der Waals surface area contributed by atoms with Crippen LogP contribution in [-0.4, -0.2) is 12.9 Å². The van der Waals surface area contributed by atoms with Gasteiger partial charge in [-0.25, -0.2) is 0 Å². The Morgan fingerprint density at radius 3 is 2.62 bits per heavy atom. The van der Waals surface area contributed by atoms with Crippen molar-refractivity contribution in [3.8, 4) is 11.5 Å². The van der Waals surface area contributed by atoms with Crippen molar-refractivity contribution < 1.29 is 14.3 Å². The number of carbonyl (C=O) groups is 1. The fourth-order valence-electron chi connectivity index (χ4n) is 2.39. The molecule has 1 heterocycles. The van der Waals surface area contributed by atoms with E-state index >= 15 is 0 Å². The second kappa shape index (κ2) is 8.70. The Balaban J connectivity index is 1.74. The molecule has 0 fully saturated rings. The lowest BCUT2D eigenvalue weighted by Crippen LogP contribution is -1.99. The Labute approximate surface area is 161 Å². The van der Waals surface area contributed by atoms with Crippen LogP contribution in [0.1, 0.15) is 20.8 Å². The molecule has 0 atom stereocenters. The minimum absolute atomic E-state index is 0.0696. The third-order valence-electron chi connectivity index (χ3n) is 3.69. The highest BCUT2D eigenvalue weighted by Crippen LogP contribution is 2.24. The molecule has 0 unspecified atom stereocenters. The monoisotopic (exact) mass is 384 g/mol. The number of carbonyl (C=O) groups excluding carboxylic acids is 1. The number of allylic oxidation sites excluding steroid dienone is 1. The summed E-state index contributed by atoms with van der Waals surface area (Å²) in [4.78, 5) is 12.8. The van der Waals surface area contributed by atoms with E-state index in [4.69, 9.17) is 21.1 Å². The summed E-state index contributed by atoms with van der Waals surface area (Å²) in [6.45, 7) is 0.378. The maximum Gasteiger partial charge on any atom is 0.195 e. The highest BCUT2D eigenvalue weighted by Gasteiger charge is 2.07. The van der Waals surface area contributed by atoms with Crippen molar-refractivity contribution in [2.45, 2.75) is 6.61 Å². The minimum Gasteiger partial charge on any atom is -0.496 e. The van der Waals surface area contributed by atoms with Gasteiger partial charge in [0.1, 0.15) is 18.1 Å². The Morgan fingerprint density at radius 1 is 1.12 bits per heavy atom. The highest BCUT2D eigenvalue weighted by molar-refractivity contribution is 7.18. The van der Waals surface area contributed by atoms with Crippen LogP contribution < -0.4 is 9.47 Å². The molecule has 0 bridgehead atoms. The molecule has 0 N–H and O–H groups in total. The second-order valence-electron chi connectivity index (χ2n) is 5.47. The summed E-state index contributed by atoms with van der Waals surface area (Å²) in [5.41, 5.74) is 1.80. The van der Waals surface area contributed by atoms with E-state index in [0.717, 1.165) is 22.6 Å². The molecule has 0 saturated heterocycles. The van der Waals surface area contributed by atoms with Crippen LogP contribution in [0.4, 0.5) is 0 Å². The van der Waals surface area contributed by atoms with Gasteiger partial charge in [-0.15, -0.1) is 11.3 Å². The average molecular weight is 385 g/mol. The molecule has 0 aliphatic heterocycles. The van der Waals surface area contributed by atoms with Gasteiger partial charge in [0.05, 0.1) is 16.3 Å². The molecule has 2 aromatic carbocycles. The van der Waals surface area contributed by atoms with E-state index in [0.29, 0.717) is 15.8 Å². The van der Waals surface area contributed by atoms with E-state index in [1.807, 2.05) is 48.5 Å². The smallest absolute Gasteiger partial charge is 0.195 e. The number of rotatable bonds is 7. The Bertz CT molecular complexity index is 916. The lowest BCUT2D eigenvalue weighted by atomic mass is 10.1. The molecule has 3 aromatic rings. The molecule has 0 radical (unpaired) electrons. The fraction of sp³-hybridized carbons (Fsp3) is 0.0952. The van der Waals surface area contributed by atoms with Crippen molar-refractivity contribution in [2.75, 3.05) is 7.11 Å². The van der Waals surface area contributed by atoms with Gasteiger partial charge in [0.15, 0.2) is 5.78 Å². The molecular formula is C21H17ClO3S. The lowest BCUT2D eigenvalue weighted by molar-refractivity contribution is 0.105. The van der Waals surface area contributed by atoms with Crippen molar-refractivity contribution in [1.29, 1.82) is 0 Å². The van der Waals surface area contributed by atoms with Gasteiger partial charge in [-0.3, -0.25) is 4.79 Å². The molecule has 3 nitrogen and oxygen atoms in total. The minimum atomic E-state index is -0.0696. The van der Waals surface area contributed by atoms with Crippen molar-refractivity contribution in [2.24, 2.45) is 0 Å². The first-order valence-corrected chi connectivity index (χ1v) is 9.17. The van der Waals surface area contributed by atoms with Gasteiger partial charge in [-0.1, -0.05) is 41.9 Å². The zero-order chi connectivity index (χ0) is 18.4. The first-order valence-electron chi connectivity index (χ1n) is 7.98. The summed E-state index contributed by atoms with van der Waals surface area (Å²) in [5.74, 6) is 1.47. The number of benzene rings is 2. The van der Waals surface area contributed by atoms with Crippen LogP contribution in [0.15, 0.2) is 66.7 Å². The van der Waals surface area contributed by atoms with E-state index < -0.39 is 0 Å². The van der Waals surface area contributed by atoms with Crippen LogP contribution in [0.5, 0.6) is 11.5 Å². The van der Waals surface area contributed by atoms with Crippen LogP contribution in [0.25, 0.3) is 6.08 Å². The topological polar surface area (TPSA) is 35.5 Å². The zero-order valence-corrected chi connectivity index (χ0v) is 15.7. The van der Waals surface area contributed by atoms with Gasteiger partial charge in [0.25, 0.3) is 0 Å². The molecule has 1 aromatic heterocycles. The molecule has 132 valence electrons. The molecule has 5 heteroatoms. The summed E-state index contributed by atoms with van der Waals surface area (Å²) in [7, 11) is 1.63. The third kappa shape index (κ3) is 4.75. The van der Waals surface area contributed by atoms with Crippen LogP contribution in [-0.2, 0) is 6.61 Å². The first kappa shape index (κ1) is 18.2. The van der Waals surface area contributed by atoms with Gasteiger partial charge < -0.3 is 9.47 Å². The van der Waals surface area contributed by atoms with Crippen molar-refractivity contribution in [3.05, 3.63) is 87.1 Å². The average Bonchev–Trinajstić information content (AvgIpc) is 3.12. The number of ether oxygens (including phenoxy) is 2. The zero-order valence-electron chi connectivity index (χ0n) is 14.1. The third-order valence-corrected chi connectivity index (χ3v) is 4.93. The number of thiophene rings is 1. The predicted octanol–water partition coefficient (Wildman–Crippen LogP) is 5.89. The number of hydrogen-bond donors (Lipinski definition) is 0. The van der Waals surface area contributed by atoms with E-state index in [9.17, 15) is 4.79 Å². The number of halogens is 1. The standard InChI is InChI=1S/C21H17ClO3S/c1-24-19-10-8-15(7-9-18(23)20-11-12-21(22)26-20)13-16(19)14-25-17-5-3-2-4-6-17/h2-13H,14H2,1H3/b9-7+. The van der Waals surface area contributed by atoms with E-state index in [-0.39, 0.29) is 5.78 Å². The Morgan fingerprint density at radius 2 is 1.92 bits per heavy atom. The second-order valence-corrected chi connectivity index (χ2v) is 7.19. The first-order chi connectivity index (χ1) is 12.7. The Kier molecular flexibility index (Phi) is 6.10. The molecule has 26 heavy (non-hydrogen) atoms. The van der Waals surface area contributed by atoms with E-state index in [1.54, 1.807) is 31.4 Å². The molecular weight excluding hydrogens is 368 g/mol. The molecule has 0 aliphatic carbocycles. The summed E-state index contributed by atoms with van der Waals surface area (Å²) < 4.78 is 11.8. The highest BCUT2D eigenvalue weighted by atomic mass is 35.5. The fourth-order valence-corrected chi connectivity index (χ4v) is 3.36. The van der Waals surface area contributed by atoms with E-state index in [2.05, 4.69) is 0 Å². The molecule has 0 saturated carbocycles. The molecule has 0 spiro atoms. The summed E-state index contributed by atoms with van der Waals surface area (Å²) in [6.07, 6.45) is 3.33. The van der Waals surface area contributed by atoms with Gasteiger partial charge in [-0.2, -0.15) is 0 Å². The van der Waals surface area contributed by atoms with Crippen LogP contribution in [0.2, 0.25) is 4.34 Å². The summed E-state index contributed by atoms with van der Waals surface area (Å²) in [6, 6.07) is 18.8. The maximum absolute atomic E-state index is 12.2. The Hall–Kier alpha value is -2.56. The number of methoxy groups -OCH3 is 1. The van der Waals surface area contributed by atoms with Crippen molar-refractivity contribution >= 4 is 34.8 Å². The van der Waals surface area contributed by atoms with Crippen molar-refractivity contribution in [1.82, 2.24) is 0 Å². The largest absolute Gasteiger partial charge is 0.496 e. The number of para-hydroxylation sites is 1. The van der Waals surface area contributed by atoms with Crippen LogP contribution in [0, 0.1) is 0 Å². The predicted molar refractivity (Wildman–Crippen MR) is 106 cm³/mol. The molecule has 3 rings (SSSR count).